The molecule has 2 aromatic rings. The predicted octanol–water partition coefficient (Wildman–Crippen LogP) is 1.11. The summed E-state index contributed by atoms with van der Waals surface area (Å²) >= 11 is 5.17. The highest BCUT2D eigenvalue weighted by Crippen LogP contribution is 2.30. The lowest BCUT2D eigenvalue weighted by Crippen LogP contribution is -2.37. The Morgan fingerprint density at radius 1 is 1.30 bits per heavy atom. The van der Waals surface area contributed by atoms with Crippen LogP contribution in [0.25, 0.3) is 0 Å². The normalized spacial score (nSPS) is 15.4. The predicted molar refractivity (Wildman–Crippen MR) is 105 cm³/mol. The minimum atomic E-state index is -0.514. The molecule has 0 saturated carbocycles. The van der Waals surface area contributed by atoms with Crippen molar-refractivity contribution in [2.45, 2.75) is 12.5 Å². The molecule has 0 aliphatic carbocycles. The summed E-state index contributed by atoms with van der Waals surface area (Å²) in [5, 5.41) is 4.52. The van der Waals surface area contributed by atoms with Crippen LogP contribution in [0.1, 0.15) is 11.6 Å². The molecule has 1 aromatic heterocycles. The number of morpholine rings is 1. The van der Waals surface area contributed by atoms with Crippen LogP contribution in [0.5, 0.6) is 11.5 Å². The van der Waals surface area contributed by atoms with Crippen LogP contribution in [0.3, 0.4) is 0 Å². The Hall–Kier alpha value is -2.59. The minimum absolute atomic E-state index is 0.0370. The Balaban J connectivity index is 1.86. The minimum Gasteiger partial charge on any atom is -0.493 e. The van der Waals surface area contributed by atoms with Gasteiger partial charge in [0.1, 0.15) is 11.0 Å². The van der Waals surface area contributed by atoms with E-state index in [1.54, 1.807) is 14.2 Å². The Labute approximate surface area is 163 Å². The second-order valence-electron chi connectivity index (χ2n) is 6.09. The van der Waals surface area contributed by atoms with Gasteiger partial charge in [0.25, 0.3) is 0 Å². The van der Waals surface area contributed by atoms with E-state index in [0.29, 0.717) is 50.2 Å². The van der Waals surface area contributed by atoms with E-state index in [0.717, 1.165) is 5.56 Å². The Morgan fingerprint density at radius 3 is 2.63 bits per heavy atom. The van der Waals surface area contributed by atoms with Gasteiger partial charge in [0.15, 0.2) is 11.5 Å². The van der Waals surface area contributed by atoms with Crippen molar-refractivity contribution in [3.63, 3.8) is 0 Å². The van der Waals surface area contributed by atoms with Crippen LogP contribution in [0.4, 0.5) is 11.9 Å². The lowest BCUT2D eigenvalue weighted by Gasteiger charge is -2.25. The zero-order valence-electron chi connectivity index (χ0n) is 15.3. The number of methoxy groups -OCH3 is 2. The maximum atomic E-state index is 8.05. The molecule has 2 heterocycles. The molecular formula is C17H23N6O3S. The summed E-state index contributed by atoms with van der Waals surface area (Å²) < 4.78 is 17.5. The van der Waals surface area contributed by atoms with Crippen LogP contribution in [0, 0.1) is 0 Å². The molecule has 1 aliphatic heterocycles. The van der Waals surface area contributed by atoms with Crippen LogP contribution in [0.2, 0.25) is 0 Å². The van der Waals surface area contributed by atoms with E-state index in [4.69, 9.17) is 37.9 Å². The maximum absolute atomic E-state index is 8.05. The number of nitrogens with zero attached hydrogens (tertiary/aromatic N) is 4. The molecule has 1 fully saturated rings. The molecule has 0 spiro atoms. The van der Waals surface area contributed by atoms with E-state index < -0.39 is 6.04 Å². The van der Waals surface area contributed by atoms with E-state index in [1.807, 2.05) is 23.1 Å². The number of hydrogen-bond donors (Lipinski definition) is 1. The molecule has 0 amide bonds. The first-order valence-corrected chi connectivity index (χ1v) is 8.95. The number of ether oxygens (including phenoxy) is 3. The molecule has 9 nitrogen and oxygen atoms in total. The van der Waals surface area contributed by atoms with E-state index in [1.165, 1.54) is 4.68 Å². The number of thiocarbonyl (C=S) groups is 1. The van der Waals surface area contributed by atoms with Gasteiger partial charge in [-0.25, -0.2) is 4.68 Å². The van der Waals surface area contributed by atoms with Gasteiger partial charge < -0.3 is 24.8 Å². The SMILES string of the molecule is COc1ccc(CC(C([NH])=S)n2nc(N3CCOCC3)nc2N)cc1OC. The monoisotopic (exact) mass is 391 g/mol. The Kier molecular flexibility index (Phi) is 5.97. The van der Waals surface area contributed by atoms with Gasteiger partial charge in [-0.1, -0.05) is 18.3 Å². The molecule has 0 bridgehead atoms. The average Bonchev–Trinajstić information content (AvgIpc) is 3.07. The fourth-order valence-corrected chi connectivity index (χ4v) is 3.15. The summed E-state index contributed by atoms with van der Waals surface area (Å²) in [6.45, 7) is 2.66. The van der Waals surface area contributed by atoms with Gasteiger partial charge in [-0.3, -0.25) is 5.73 Å². The molecule has 27 heavy (non-hydrogen) atoms. The third-order valence-corrected chi connectivity index (χ3v) is 4.69. The number of rotatable bonds is 7. The Morgan fingerprint density at radius 2 is 2.00 bits per heavy atom. The number of benzene rings is 1. The first-order valence-electron chi connectivity index (χ1n) is 8.54. The number of nitrogens with one attached hydrogen (secondary N) is 1. The summed E-state index contributed by atoms with van der Waals surface area (Å²) in [6.07, 6.45) is 0.443. The molecular weight excluding hydrogens is 368 g/mol. The van der Waals surface area contributed by atoms with Gasteiger partial charge in [0.2, 0.25) is 11.9 Å². The largest absolute Gasteiger partial charge is 0.493 e. The van der Waals surface area contributed by atoms with Gasteiger partial charge in [0.05, 0.1) is 27.4 Å². The van der Waals surface area contributed by atoms with Crippen LogP contribution < -0.4 is 25.8 Å². The Bertz CT molecular complexity index is 806. The van der Waals surface area contributed by atoms with E-state index >= 15 is 0 Å². The van der Waals surface area contributed by atoms with Crippen molar-refractivity contribution in [1.82, 2.24) is 20.5 Å². The summed E-state index contributed by atoms with van der Waals surface area (Å²) in [5.74, 6) is 2.02. The van der Waals surface area contributed by atoms with Crippen molar-refractivity contribution in [1.29, 1.82) is 0 Å². The van der Waals surface area contributed by atoms with Crippen molar-refractivity contribution in [3.05, 3.63) is 23.8 Å². The van der Waals surface area contributed by atoms with Crippen LogP contribution in [-0.2, 0) is 11.2 Å². The van der Waals surface area contributed by atoms with Crippen molar-refractivity contribution >= 4 is 29.1 Å². The average molecular weight is 391 g/mol. The summed E-state index contributed by atoms with van der Waals surface area (Å²) in [4.78, 5) is 6.40. The number of nitrogen functional groups attached to an aromatic ring is 1. The fraction of sp³-hybridized carbons (Fsp3) is 0.471. The molecule has 145 valence electrons. The van der Waals surface area contributed by atoms with Gasteiger partial charge >= 0.3 is 0 Å². The molecule has 1 radical (unpaired) electrons. The topological polar surface area (TPSA) is 111 Å². The molecule has 1 aromatic carbocycles. The van der Waals surface area contributed by atoms with Gasteiger partial charge in [-0.05, 0) is 17.7 Å². The fourth-order valence-electron chi connectivity index (χ4n) is 2.97. The second-order valence-corrected chi connectivity index (χ2v) is 6.53. The highest BCUT2D eigenvalue weighted by atomic mass is 32.1. The molecule has 3 rings (SSSR count). The smallest absolute Gasteiger partial charge is 0.246 e. The van der Waals surface area contributed by atoms with Crippen molar-refractivity contribution in [2.75, 3.05) is 51.2 Å². The lowest BCUT2D eigenvalue weighted by atomic mass is 10.1. The standard InChI is InChI=1S/C17H23N6O3S/c1-24-13-4-3-11(10-14(13)25-2)9-12(15(18)27)23-16(19)20-17(21-23)22-5-7-26-8-6-22/h3-4,10,12,18H,5-9H2,1-2H3,(H2,19,20,21). The van der Waals surface area contributed by atoms with Crippen molar-refractivity contribution in [2.24, 2.45) is 0 Å². The van der Waals surface area contributed by atoms with Gasteiger partial charge in [0, 0.05) is 19.5 Å². The highest BCUT2D eigenvalue weighted by molar-refractivity contribution is 7.80. The van der Waals surface area contributed by atoms with E-state index in [2.05, 4.69) is 10.1 Å². The molecule has 1 saturated heterocycles. The molecule has 1 aliphatic rings. The second kappa shape index (κ2) is 8.40. The number of hydrogen-bond acceptors (Lipinski definition) is 8. The molecule has 1 atom stereocenters. The van der Waals surface area contributed by atoms with Crippen LogP contribution in [0.15, 0.2) is 18.2 Å². The number of aromatic nitrogens is 3. The summed E-state index contributed by atoms with van der Waals surface area (Å²) in [7, 11) is 3.17. The maximum Gasteiger partial charge on any atom is 0.246 e. The van der Waals surface area contributed by atoms with Crippen LogP contribution in [-0.4, -0.2) is 60.3 Å². The molecule has 10 heteroatoms. The van der Waals surface area contributed by atoms with E-state index in [-0.39, 0.29) is 10.9 Å². The van der Waals surface area contributed by atoms with Crippen molar-refractivity contribution in [3.8, 4) is 11.5 Å². The first kappa shape index (κ1) is 19.2. The quantitative estimate of drug-likeness (QED) is 0.699. The first-order chi connectivity index (χ1) is 13.0. The van der Waals surface area contributed by atoms with Crippen LogP contribution >= 0.6 is 12.2 Å². The summed E-state index contributed by atoms with van der Waals surface area (Å²) in [5.41, 5.74) is 15.1. The van der Waals surface area contributed by atoms with Crippen molar-refractivity contribution < 1.29 is 14.2 Å². The van der Waals surface area contributed by atoms with Gasteiger partial charge in [-0.2, -0.15) is 4.98 Å². The van der Waals surface area contributed by atoms with Gasteiger partial charge in [-0.15, -0.1) is 5.10 Å². The van der Waals surface area contributed by atoms with E-state index in [9.17, 15) is 0 Å². The number of anilines is 2. The molecule has 1 unspecified atom stereocenters. The summed E-state index contributed by atoms with van der Waals surface area (Å²) in [6, 6.07) is 5.07. The third-order valence-electron chi connectivity index (χ3n) is 4.42. The zero-order chi connectivity index (χ0) is 19.4. The lowest BCUT2D eigenvalue weighted by molar-refractivity contribution is 0.122. The zero-order valence-corrected chi connectivity index (χ0v) is 16.2. The highest BCUT2D eigenvalue weighted by Gasteiger charge is 2.24. The third kappa shape index (κ3) is 4.22. The number of nitrogens with two attached hydrogens (primary N) is 1. The molecule has 3 N–H and O–H groups in total.